The number of nitrogens with one attached hydrogen (secondary N) is 1. The van der Waals surface area contributed by atoms with E-state index in [1.807, 2.05) is 6.92 Å². The first-order valence-corrected chi connectivity index (χ1v) is 9.69. The van der Waals surface area contributed by atoms with Crippen molar-refractivity contribution in [3.63, 3.8) is 0 Å². The molecule has 138 valence electrons. The number of carboxylic acids is 1. The first-order chi connectivity index (χ1) is 11.6. The maximum atomic E-state index is 12.5. The Kier molecular flexibility index (Phi) is 5.84. The quantitative estimate of drug-likeness (QED) is 0.721. The van der Waals surface area contributed by atoms with Crippen LogP contribution in [0.25, 0.3) is 0 Å². The number of carbonyl (C=O) groups excluding carboxylic acids is 1. The molecule has 0 heterocycles. The van der Waals surface area contributed by atoms with Gasteiger partial charge in [-0.3, -0.25) is 9.59 Å². The van der Waals surface area contributed by atoms with E-state index in [1.165, 1.54) is 4.90 Å². The van der Waals surface area contributed by atoms with Crippen LogP contribution in [-0.2, 0) is 19.6 Å². The lowest BCUT2D eigenvalue weighted by atomic mass is 10.1. The van der Waals surface area contributed by atoms with Crippen molar-refractivity contribution in [3.8, 4) is 0 Å². The van der Waals surface area contributed by atoms with Gasteiger partial charge in [0.25, 0.3) is 0 Å². The molecular weight excluding hydrogens is 344 g/mol. The van der Waals surface area contributed by atoms with Crippen LogP contribution in [-0.4, -0.2) is 49.4 Å². The number of nitrogens with zero attached hydrogens (tertiary/aromatic N) is 1. The summed E-state index contributed by atoms with van der Waals surface area (Å²) in [4.78, 5) is 24.6. The lowest BCUT2D eigenvalue weighted by Gasteiger charge is -2.20. The number of hydrogen-bond donors (Lipinski definition) is 2. The number of aryl methyl sites for hydroxylation is 3. The van der Waals surface area contributed by atoms with Gasteiger partial charge >= 0.3 is 5.97 Å². The van der Waals surface area contributed by atoms with Crippen molar-refractivity contribution in [3.05, 3.63) is 28.8 Å². The smallest absolute Gasteiger partial charge is 0.323 e. The van der Waals surface area contributed by atoms with E-state index in [0.717, 1.165) is 18.4 Å². The van der Waals surface area contributed by atoms with Crippen LogP contribution in [0.3, 0.4) is 0 Å². The summed E-state index contributed by atoms with van der Waals surface area (Å²) in [7, 11) is -3.72. The Morgan fingerprint density at radius 2 is 1.76 bits per heavy atom. The van der Waals surface area contributed by atoms with Crippen molar-refractivity contribution in [2.45, 2.75) is 51.0 Å². The molecule has 1 aliphatic rings. The van der Waals surface area contributed by atoms with Crippen molar-refractivity contribution >= 4 is 21.9 Å². The van der Waals surface area contributed by atoms with Gasteiger partial charge in [0, 0.05) is 19.0 Å². The minimum atomic E-state index is -3.72. The van der Waals surface area contributed by atoms with Gasteiger partial charge in [0.2, 0.25) is 15.9 Å². The molecule has 0 radical (unpaired) electrons. The average molecular weight is 368 g/mol. The lowest BCUT2D eigenvalue weighted by Crippen LogP contribution is -2.39. The van der Waals surface area contributed by atoms with Crippen molar-refractivity contribution in [2.24, 2.45) is 0 Å². The predicted octanol–water partition coefficient (Wildman–Crippen LogP) is 1.36. The average Bonchev–Trinajstić information content (AvgIpc) is 3.26. The Hall–Kier alpha value is -1.93. The standard InChI is InChI=1S/C17H24N2O5S/c1-11-8-12(2)17(13(3)9-11)25(23,24)18-7-6-15(20)19(10-16(21)22)14-4-5-14/h8-9,14,18H,4-7,10H2,1-3H3,(H,21,22). The Balaban J connectivity index is 2.00. The number of carboxylic acid groups (broad SMARTS) is 1. The fraction of sp³-hybridized carbons (Fsp3) is 0.529. The highest BCUT2D eigenvalue weighted by Crippen LogP contribution is 2.27. The summed E-state index contributed by atoms with van der Waals surface area (Å²) in [5.74, 6) is -1.41. The third-order valence-electron chi connectivity index (χ3n) is 4.12. The van der Waals surface area contributed by atoms with E-state index in [9.17, 15) is 18.0 Å². The summed E-state index contributed by atoms with van der Waals surface area (Å²) in [5, 5.41) is 8.89. The number of sulfonamides is 1. The van der Waals surface area contributed by atoms with Crippen LogP contribution in [0.2, 0.25) is 0 Å². The van der Waals surface area contributed by atoms with Crippen molar-refractivity contribution in [2.75, 3.05) is 13.1 Å². The van der Waals surface area contributed by atoms with Crippen molar-refractivity contribution < 1.29 is 23.1 Å². The van der Waals surface area contributed by atoms with E-state index in [-0.39, 0.29) is 36.4 Å². The van der Waals surface area contributed by atoms with Crippen LogP contribution < -0.4 is 4.72 Å². The summed E-state index contributed by atoms with van der Waals surface area (Å²) in [6.45, 7) is 4.98. The molecule has 1 aromatic carbocycles. The highest BCUT2D eigenvalue weighted by atomic mass is 32.2. The lowest BCUT2D eigenvalue weighted by molar-refractivity contribution is -0.144. The predicted molar refractivity (Wildman–Crippen MR) is 92.8 cm³/mol. The van der Waals surface area contributed by atoms with Crippen LogP contribution >= 0.6 is 0 Å². The number of hydrogen-bond acceptors (Lipinski definition) is 4. The molecule has 0 bridgehead atoms. The molecule has 1 amide bonds. The van der Waals surface area contributed by atoms with Crippen LogP contribution in [0.5, 0.6) is 0 Å². The third kappa shape index (κ3) is 5.02. The van der Waals surface area contributed by atoms with Crippen LogP contribution in [0, 0.1) is 20.8 Å². The highest BCUT2D eigenvalue weighted by Gasteiger charge is 2.33. The largest absolute Gasteiger partial charge is 0.480 e. The fourth-order valence-electron chi connectivity index (χ4n) is 3.05. The molecular formula is C17H24N2O5S. The topological polar surface area (TPSA) is 104 Å². The molecule has 0 spiro atoms. The van der Waals surface area contributed by atoms with Gasteiger partial charge in [0.05, 0.1) is 4.90 Å². The maximum Gasteiger partial charge on any atom is 0.323 e. The number of aliphatic carboxylic acids is 1. The van der Waals surface area contributed by atoms with Gasteiger partial charge < -0.3 is 10.0 Å². The van der Waals surface area contributed by atoms with Crippen LogP contribution in [0.15, 0.2) is 17.0 Å². The molecule has 25 heavy (non-hydrogen) atoms. The summed E-state index contributed by atoms with van der Waals surface area (Å²) in [5.41, 5.74) is 2.29. The molecule has 7 nitrogen and oxygen atoms in total. The second kappa shape index (κ2) is 7.53. The third-order valence-corrected chi connectivity index (χ3v) is 5.88. The summed E-state index contributed by atoms with van der Waals surface area (Å²) >= 11 is 0. The minimum Gasteiger partial charge on any atom is -0.480 e. The maximum absolute atomic E-state index is 12.5. The number of carbonyl (C=O) groups is 2. The molecule has 0 aliphatic heterocycles. The Labute approximate surface area is 148 Å². The second-order valence-corrected chi connectivity index (χ2v) is 8.23. The number of amides is 1. The number of rotatable bonds is 8. The number of benzene rings is 1. The van der Waals surface area contributed by atoms with E-state index in [2.05, 4.69) is 4.72 Å². The molecule has 0 saturated heterocycles. The van der Waals surface area contributed by atoms with E-state index in [0.29, 0.717) is 11.1 Å². The van der Waals surface area contributed by atoms with Crippen LogP contribution in [0.1, 0.15) is 36.0 Å². The SMILES string of the molecule is Cc1cc(C)c(S(=O)(=O)NCCC(=O)N(CC(=O)O)C2CC2)c(C)c1. The molecule has 0 atom stereocenters. The Bertz CT molecular complexity index is 761. The molecule has 0 aromatic heterocycles. The molecule has 8 heteroatoms. The highest BCUT2D eigenvalue weighted by molar-refractivity contribution is 7.89. The van der Waals surface area contributed by atoms with Crippen molar-refractivity contribution in [1.82, 2.24) is 9.62 Å². The van der Waals surface area contributed by atoms with E-state index >= 15 is 0 Å². The summed E-state index contributed by atoms with van der Waals surface area (Å²) in [6.07, 6.45) is 1.53. The molecule has 1 aliphatic carbocycles. The first kappa shape index (κ1) is 19.4. The molecule has 1 aromatic rings. The minimum absolute atomic E-state index is 0.0261. The van der Waals surface area contributed by atoms with E-state index < -0.39 is 16.0 Å². The van der Waals surface area contributed by atoms with Gasteiger partial charge in [-0.1, -0.05) is 17.7 Å². The zero-order valence-electron chi connectivity index (χ0n) is 14.7. The zero-order chi connectivity index (χ0) is 18.8. The van der Waals surface area contributed by atoms with Gasteiger partial charge in [0.15, 0.2) is 0 Å². The molecule has 1 saturated carbocycles. The molecule has 2 rings (SSSR count). The van der Waals surface area contributed by atoms with Gasteiger partial charge in [-0.25, -0.2) is 13.1 Å². The van der Waals surface area contributed by atoms with E-state index in [4.69, 9.17) is 5.11 Å². The van der Waals surface area contributed by atoms with Crippen molar-refractivity contribution in [1.29, 1.82) is 0 Å². The molecule has 0 unspecified atom stereocenters. The van der Waals surface area contributed by atoms with Gasteiger partial charge in [0.1, 0.15) is 6.54 Å². The second-order valence-electron chi connectivity index (χ2n) is 6.52. The summed E-state index contributed by atoms with van der Waals surface area (Å²) < 4.78 is 27.5. The van der Waals surface area contributed by atoms with Gasteiger partial charge in [-0.15, -0.1) is 0 Å². The normalized spacial score (nSPS) is 14.4. The fourth-order valence-corrected chi connectivity index (χ4v) is 4.53. The Morgan fingerprint density at radius 1 is 1.20 bits per heavy atom. The van der Waals surface area contributed by atoms with Crippen LogP contribution in [0.4, 0.5) is 0 Å². The van der Waals surface area contributed by atoms with Gasteiger partial charge in [-0.05, 0) is 44.7 Å². The molecule has 1 fully saturated rings. The van der Waals surface area contributed by atoms with E-state index in [1.54, 1.807) is 26.0 Å². The first-order valence-electron chi connectivity index (χ1n) is 8.20. The Morgan fingerprint density at radius 3 is 2.24 bits per heavy atom. The molecule has 2 N–H and O–H groups in total. The zero-order valence-corrected chi connectivity index (χ0v) is 15.5. The van der Waals surface area contributed by atoms with Gasteiger partial charge in [-0.2, -0.15) is 0 Å². The monoisotopic (exact) mass is 368 g/mol. The summed E-state index contributed by atoms with van der Waals surface area (Å²) in [6, 6.07) is 3.57.